The van der Waals surface area contributed by atoms with Gasteiger partial charge in [-0.1, -0.05) is 0 Å². The second-order valence-corrected chi connectivity index (χ2v) is 6.20. The van der Waals surface area contributed by atoms with Crippen molar-refractivity contribution in [3.63, 3.8) is 0 Å². The van der Waals surface area contributed by atoms with Gasteiger partial charge in [0.25, 0.3) is 5.91 Å². The number of aliphatic hydroxyl groups is 1. The molecule has 1 unspecified atom stereocenters. The van der Waals surface area contributed by atoms with Crippen LogP contribution in [0.25, 0.3) is 0 Å². The van der Waals surface area contributed by atoms with E-state index in [9.17, 15) is 14.7 Å². The number of aryl methyl sites for hydroxylation is 1. The third-order valence-corrected chi connectivity index (χ3v) is 4.02. The summed E-state index contributed by atoms with van der Waals surface area (Å²) >= 11 is 0. The molecule has 1 aromatic rings. The molecule has 0 fully saturated rings. The molecule has 0 aliphatic carbocycles. The molecule has 2 rings (SSSR count). The molecule has 1 heterocycles. The van der Waals surface area contributed by atoms with E-state index in [1.165, 1.54) is 0 Å². The van der Waals surface area contributed by atoms with Crippen LogP contribution in [-0.2, 0) is 11.2 Å². The van der Waals surface area contributed by atoms with Gasteiger partial charge in [0.1, 0.15) is 0 Å². The number of carbonyl (C=O) groups is 2. The quantitative estimate of drug-likeness (QED) is 0.923. The molecular weight excluding hydrogens is 280 g/mol. The van der Waals surface area contributed by atoms with Gasteiger partial charge in [0, 0.05) is 37.3 Å². The number of anilines is 1. The highest BCUT2D eigenvalue weighted by molar-refractivity contribution is 5.99. The van der Waals surface area contributed by atoms with Gasteiger partial charge in [0.05, 0.1) is 6.10 Å². The zero-order chi connectivity index (χ0) is 16.4. The van der Waals surface area contributed by atoms with Crippen molar-refractivity contribution < 1.29 is 14.7 Å². The van der Waals surface area contributed by atoms with Gasteiger partial charge >= 0.3 is 0 Å². The molecule has 1 aliphatic heterocycles. The summed E-state index contributed by atoms with van der Waals surface area (Å²) < 4.78 is 0. The first kappa shape index (κ1) is 16.5. The van der Waals surface area contributed by atoms with E-state index in [2.05, 4.69) is 0 Å². The minimum absolute atomic E-state index is 0.0161. The van der Waals surface area contributed by atoms with Gasteiger partial charge in [0.2, 0.25) is 5.91 Å². The van der Waals surface area contributed by atoms with Gasteiger partial charge in [-0.25, -0.2) is 0 Å². The maximum Gasteiger partial charge on any atom is 0.254 e. The molecule has 22 heavy (non-hydrogen) atoms. The molecule has 120 valence electrons. The summed E-state index contributed by atoms with van der Waals surface area (Å²) in [5, 5.41) is 9.59. The topological polar surface area (TPSA) is 60.9 Å². The molecule has 0 bridgehead atoms. The van der Waals surface area contributed by atoms with Crippen LogP contribution in [-0.4, -0.2) is 47.6 Å². The van der Waals surface area contributed by atoms with Crippen LogP contribution in [0.4, 0.5) is 5.69 Å². The lowest BCUT2D eigenvalue weighted by Gasteiger charge is -2.29. The number of benzene rings is 1. The first-order valence-electron chi connectivity index (χ1n) is 7.69. The Balaban J connectivity index is 2.29. The van der Waals surface area contributed by atoms with E-state index in [0.29, 0.717) is 24.9 Å². The summed E-state index contributed by atoms with van der Waals surface area (Å²) in [7, 11) is 1.76. The normalized spacial score (nSPS) is 15.7. The van der Waals surface area contributed by atoms with Crippen LogP contribution in [0.2, 0.25) is 0 Å². The standard InChI is InChI=1S/C17H24N2O3/c1-11(2)19(10-12(3)20)17(22)14-5-7-15-13(9-14)6-8-16(21)18(15)4/h5,7,9,11-12,20H,6,8,10H2,1-4H3. The summed E-state index contributed by atoms with van der Waals surface area (Å²) in [5.74, 6) is 0.0164. The Morgan fingerprint density at radius 2 is 2.00 bits per heavy atom. The smallest absolute Gasteiger partial charge is 0.254 e. The Bertz CT molecular complexity index is 581. The Kier molecular flexibility index (Phi) is 4.86. The van der Waals surface area contributed by atoms with Crippen molar-refractivity contribution in [1.29, 1.82) is 0 Å². The van der Waals surface area contributed by atoms with Crippen molar-refractivity contribution in [3.05, 3.63) is 29.3 Å². The van der Waals surface area contributed by atoms with Gasteiger partial charge in [0.15, 0.2) is 0 Å². The molecule has 1 aliphatic rings. The molecular formula is C17H24N2O3. The van der Waals surface area contributed by atoms with Crippen LogP contribution in [0.1, 0.15) is 43.1 Å². The van der Waals surface area contributed by atoms with Crippen molar-refractivity contribution in [2.24, 2.45) is 0 Å². The molecule has 0 saturated heterocycles. The Labute approximate surface area is 131 Å². The number of hydrogen-bond donors (Lipinski definition) is 1. The van der Waals surface area contributed by atoms with E-state index in [1.54, 1.807) is 29.8 Å². The number of nitrogens with zero attached hydrogens (tertiary/aromatic N) is 2. The molecule has 5 heteroatoms. The van der Waals surface area contributed by atoms with Crippen LogP contribution < -0.4 is 4.90 Å². The van der Waals surface area contributed by atoms with Gasteiger partial charge in [-0.05, 0) is 51.0 Å². The van der Waals surface area contributed by atoms with Crippen LogP contribution in [0.5, 0.6) is 0 Å². The SMILES string of the molecule is CC(O)CN(C(=O)c1ccc2c(c1)CCC(=O)N2C)C(C)C. The predicted octanol–water partition coefficient (Wildman–Crippen LogP) is 1.83. The van der Waals surface area contributed by atoms with Gasteiger partial charge < -0.3 is 14.9 Å². The maximum atomic E-state index is 12.7. The van der Waals surface area contributed by atoms with Crippen molar-refractivity contribution in [1.82, 2.24) is 4.90 Å². The second kappa shape index (κ2) is 6.48. The lowest BCUT2D eigenvalue weighted by Crippen LogP contribution is -2.41. The molecule has 1 N–H and O–H groups in total. The van der Waals surface area contributed by atoms with Crippen molar-refractivity contribution in [2.45, 2.75) is 45.8 Å². The van der Waals surface area contributed by atoms with Gasteiger partial charge in [-0.3, -0.25) is 9.59 Å². The van der Waals surface area contributed by atoms with E-state index in [1.807, 2.05) is 26.0 Å². The average molecular weight is 304 g/mol. The highest BCUT2D eigenvalue weighted by Gasteiger charge is 2.24. The van der Waals surface area contributed by atoms with E-state index in [0.717, 1.165) is 11.3 Å². The summed E-state index contributed by atoms with van der Waals surface area (Å²) in [6.45, 7) is 5.86. The fourth-order valence-corrected chi connectivity index (χ4v) is 2.77. The summed E-state index contributed by atoms with van der Waals surface area (Å²) in [5.41, 5.74) is 2.50. The van der Waals surface area contributed by atoms with Crippen molar-refractivity contribution in [3.8, 4) is 0 Å². The van der Waals surface area contributed by atoms with Crippen molar-refractivity contribution in [2.75, 3.05) is 18.5 Å². The van der Waals surface area contributed by atoms with E-state index in [4.69, 9.17) is 0 Å². The number of fused-ring (bicyclic) bond motifs is 1. The summed E-state index contributed by atoms with van der Waals surface area (Å²) in [6, 6.07) is 5.48. The van der Waals surface area contributed by atoms with Crippen molar-refractivity contribution >= 4 is 17.5 Å². The molecule has 0 aromatic heterocycles. The van der Waals surface area contributed by atoms with Crippen LogP contribution in [0.15, 0.2) is 18.2 Å². The van der Waals surface area contributed by atoms with E-state index < -0.39 is 6.10 Å². The second-order valence-electron chi connectivity index (χ2n) is 6.20. The monoisotopic (exact) mass is 304 g/mol. The molecule has 0 saturated carbocycles. The predicted molar refractivity (Wildman–Crippen MR) is 86.0 cm³/mol. The lowest BCUT2D eigenvalue weighted by molar-refractivity contribution is -0.118. The number of aliphatic hydroxyl groups excluding tert-OH is 1. The fourth-order valence-electron chi connectivity index (χ4n) is 2.77. The zero-order valence-electron chi connectivity index (χ0n) is 13.7. The molecule has 2 amide bonds. The lowest BCUT2D eigenvalue weighted by atomic mass is 9.98. The van der Waals surface area contributed by atoms with E-state index in [-0.39, 0.29) is 17.9 Å². The van der Waals surface area contributed by atoms with Crippen LogP contribution >= 0.6 is 0 Å². The minimum atomic E-state index is -0.562. The minimum Gasteiger partial charge on any atom is -0.392 e. The third kappa shape index (κ3) is 3.30. The highest BCUT2D eigenvalue weighted by Crippen LogP contribution is 2.28. The Hall–Kier alpha value is -1.88. The zero-order valence-corrected chi connectivity index (χ0v) is 13.7. The molecule has 0 spiro atoms. The fraction of sp³-hybridized carbons (Fsp3) is 0.529. The number of amides is 2. The third-order valence-electron chi connectivity index (χ3n) is 4.02. The van der Waals surface area contributed by atoms with Gasteiger partial charge in [-0.15, -0.1) is 0 Å². The van der Waals surface area contributed by atoms with E-state index >= 15 is 0 Å². The van der Waals surface area contributed by atoms with Crippen LogP contribution in [0.3, 0.4) is 0 Å². The largest absolute Gasteiger partial charge is 0.392 e. The average Bonchev–Trinajstić information content (AvgIpc) is 2.47. The Morgan fingerprint density at radius 1 is 1.32 bits per heavy atom. The molecule has 0 radical (unpaired) electrons. The summed E-state index contributed by atoms with van der Waals surface area (Å²) in [4.78, 5) is 27.7. The molecule has 5 nitrogen and oxygen atoms in total. The number of carbonyl (C=O) groups excluding carboxylic acids is 2. The first-order valence-corrected chi connectivity index (χ1v) is 7.69. The molecule has 1 aromatic carbocycles. The Morgan fingerprint density at radius 3 is 2.59 bits per heavy atom. The molecule has 1 atom stereocenters. The maximum absolute atomic E-state index is 12.7. The highest BCUT2D eigenvalue weighted by atomic mass is 16.3. The van der Waals surface area contributed by atoms with Crippen LogP contribution in [0, 0.1) is 0 Å². The summed E-state index contributed by atoms with van der Waals surface area (Å²) in [6.07, 6.45) is 0.577. The van der Waals surface area contributed by atoms with Gasteiger partial charge in [-0.2, -0.15) is 0 Å². The first-order chi connectivity index (χ1) is 10.3. The number of hydrogen-bond acceptors (Lipinski definition) is 3. The number of rotatable bonds is 4.